The highest BCUT2D eigenvalue weighted by Crippen LogP contribution is 2.24. The Balaban J connectivity index is 1.93. The van der Waals surface area contributed by atoms with Crippen LogP contribution in [0.3, 0.4) is 0 Å². The van der Waals surface area contributed by atoms with Crippen LogP contribution in [0.15, 0.2) is 53.4 Å². The molecular weight excluding hydrogens is 254 g/mol. The number of hydrogen-bond donors (Lipinski definition) is 1. The molecule has 0 aliphatic carbocycles. The molecule has 2 rings (SSSR count). The van der Waals surface area contributed by atoms with Crippen LogP contribution in [-0.4, -0.2) is 12.9 Å². The summed E-state index contributed by atoms with van der Waals surface area (Å²) >= 11 is 1.79. The Labute approximate surface area is 119 Å². The predicted molar refractivity (Wildman–Crippen MR) is 81.8 cm³/mol. The van der Waals surface area contributed by atoms with Gasteiger partial charge in [-0.25, -0.2) is 0 Å². The number of ether oxygens (including phenoxy) is 1. The molecule has 2 aromatic carbocycles. The minimum absolute atomic E-state index is 0.0391. The van der Waals surface area contributed by atoms with Gasteiger partial charge in [-0.1, -0.05) is 29.8 Å². The molecule has 1 unspecified atom stereocenters. The number of thioether (sulfide) groups is 1. The molecular formula is C16H19NOS. The van der Waals surface area contributed by atoms with Crippen molar-refractivity contribution in [3.8, 4) is 5.75 Å². The first-order valence-electron chi connectivity index (χ1n) is 6.28. The molecule has 2 nitrogen and oxygen atoms in total. The minimum Gasteiger partial charge on any atom is -0.497 e. The van der Waals surface area contributed by atoms with E-state index in [1.165, 1.54) is 10.5 Å². The fraction of sp³-hybridized carbons (Fsp3) is 0.250. The van der Waals surface area contributed by atoms with Gasteiger partial charge in [0.05, 0.1) is 7.11 Å². The van der Waals surface area contributed by atoms with Gasteiger partial charge in [0.15, 0.2) is 0 Å². The number of methoxy groups -OCH3 is 1. The van der Waals surface area contributed by atoms with E-state index in [1.54, 1.807) is 18.9 Å². The molecule has 0 radical (unpaired) electrons. The summed E-state index contributed by atoms with van der Waals surface area (Å²) in [5.74, 6) is 1.73. The van der Waals surface area contributed by atoms with Gasteiger partial charge in [0.25, 0.3) is 0 Å². The van der Waals surface area contributed by atoms with E-state index in [1.807, 2.05) is 24.3 Å². The quantitative estimate of drug-likeness (QED) is 0.842. The molecule has 0 aliphatic rings. The van der Waals surface area contributed by atoms with Gasteiger partial charge in [-0.2, -0.15) is 0 Å². The maximum absolute atomic E-state index is 6.20. The molecule has 0 bridgehead atoms. The molecule has 2 aromatic rings. The summed E-state index contributed by atoms with van der Waals surface area (Å²) in [5, 5.41) is 0. The SMILES string of the molecule is COc1ccc(C(N)CSc2ccc(C)cc2)cc1. The van der Waals surface area contributed by atoms with Crippen LogP contribution < -0.4 is 10.5 Å². The lowest BCUT2D eigenvalue weighted by Crippen LogP contribution is -2.12. The first-order chi connectivity index (χ1) is 9.19. The lowest BCUT2D eigenvalue weighted by atomic mass is 10.1. The van der Waals surface area contributed by atoms with Gasteiger partial charge in [-0.3, -0.25) is 0 Å². The fourth-order valence-electron chi connectivity index (χ4n) is 1.77. The molecule has 2 N–H and O–H groups in total. The second-order valence-corrected chi connectivity index (χ2v) is 5.60. The number of hydrogen-bond acceptors (Lipinski definition) is 3. The molecule has 1 atom stereocenters. The van der Waals surface area contributed by atoms with Crippen LogP contribution in [-0.2, 0) is 0 Å². The summed E-state index contributed by atoms with van der Waals surface area (Å²) < 4.78 is 5.14. The van der Waals surface area contributed by atoms with Crippen LogP contribution >= 0.6 is 11.8 Å². The summed E-state index contributed by atoms with van der Waals surface area (Å²) in [7, 11) is 1.67. The topological polar surface area (TPSA) is 35.2 Å². The van der Waals surface area contributed by atoms with Crippen molar-refractivity contribution in [1.29, 1.82) is 0 Å². The van der Waals surface area contributed by atoms with E-state index < -0.39 is 0 Å². The van der Waals surface area contributed by atoms with E-state index in [4.69, 9.17) is 10.5 Å². The van der Waals surface area contributed by atoms with Gasteiger partial charge >= 0.3 is 0 Å². The van der Waals surface area contributed by atoms with Gasteiger partial charge in [-0.15, -0.1) is 11.8 Å². The van der Waals surface area contributed by atoms with E-state index >= 15 is 0 Å². The smallest absolute Gasteiger partial charge is 0.118 e. The number of aryl methyl sites for hydroxylation is 1. The number of benzene rings is 2. The van der Waals surface area contributed by atoms with Gasteiger partial charge < -0.3 is 10.5 Å². The second-order valence-electron chi connectivity index (χ2n) is 4.50. The van der Waals surface area contributed by atoms with Gasteiger partial charge in [0.2, 0.25) is 0 Å². The Bertz CT molecular complexity index is 507. The average molecular weight is 273 g/mol. The molecule has 0 aliphatic heterocycles. The summed E-state index contributed by atoms with van der Waals surface area (Å²) in [4.78, 5) is 1.26. The van der Waals surface area contributed by atoms with E-state index in [0.717, 1.165) is 17.1 Å². The van der Waals surface area contributed by atoms with Crippen molar-refractivity contribution in [2.24, 2.45) is 5.73 Å². The van der Waals surface area contributed by atoms with E-state index in [-0.39, 0.29) is 6.04 Å². The molecule has 0 saturated heterocycles. The average Bonchev–Trinajstić information content (AvgIpc) is 2.46. The monoisotopic (exact) mass is 273 g/mol. The van der Waals surface area contributed by atoms with Crippen LogP contribution in [0.4, 0.5) is 0 Å². The van der Waals surface area contributed by atoms with Crippen molar-refractivity contribution in [2.75, 3.05) is 12.9 Å². The van der Waals surface area contributed by atoms with Crippen molar-refractivity contribution in [3.63, 3.8) is 0 Å². The van der Waals surface area contributed by atoms with Crippen molar-refractivity contribution in [3.05, 3.63) is 59.7 Å². The first-order valence-corrected chi connectivity index (χ1v) is 7.26. The Morgan fingerprint density at radius 2 is 1.68 bits per heavy atom. The Morgan fingerprint density at radius 1 is 1.05 bits per heavy atom. The maximum atomic E-state index is 6.20. The predicted octanol–water partition coefficient (Wildman–Crippen LogP) is 3.80. The lowest BCUT2D eigenvalue weighted by Gasteiger charge is -2.12. The van der Waals surface area contributed by atoms with Crippen LogP contribution in [0.25, 0.3) is 0 Å². The molecule has 0 fully saturated rings. The minimum atomic E-state index is 0.0391. The Hall–Kier alpha value is -1.45. The van der Waals surface area contributed by atoms with Crippen molar-refractivity contribution < 1.29 is 4.74 Å². The molecule has 0 amide bonds. The zero-order valence-electron chi connectivity index (χ0n) is 11.3. The van der Waals surface area contributed by atoms with Gasteiger partial charge in [0.1, 0.15) is 5.75 Å². The highest BCUT2D eigenvalue weighted by Gasteiger charge is 2.06. The van der Waals surface area contributed by atoms with Crippen LogP contribution in [0, 0.1) is 6.92 Å². The zero-order valence-corrected chi connectivity index (χ0v) is 12.1. The molecule has 0 heterocycles. The molecule has 100 valence electrons. The third-order valence-corrected chi connectivity index (χ3v) is 4.13. The van der Waals surface area contributed by atoms with Crippen molar-refractivity contribution in [1.82, 2.24) is 0 Å². The van der Waals surface area contributed by atoms with Crippen LogP contribution in [0.1, 0.15) is 17.2 Å². The lowest BCUT2D eigenvalue weighted by molar-refractivity contribution is 0.414. The number of nitrogens with two attached hydrogens (primary N) is 1. The molecule has 3 heteroatoms. The highest BCUT2D eigenvalue weighted by molar-refractivity contribution is 7.99. The van der Waals surface area contributed by atoms with E-state index in [9.17, 15) is 0 Å². The summed E-state index contributed by atoms with van der Waals surface area (Å²) in [6, 6.07) is 16.5. The van der Waals surface area contributed by atoms with Gasteiger partial charge in [-0.05, 0) is 36.8 Å². The molecule has 0 saturated carbocycles. The highest BCUT2D eigenvalue weighted by atomic mass is 32.2. The van der Waals surface area contributed by atoms with Crippen LogP contribution in [0.5, 0.6) is 5.75 Å². The van der Waals surface area contributed by atoms with Crippen LogP contribution in [0.2, 0.25) is 0 Å². The Morgan fingerprint density at radius 3 is 2.26 bits per heavy atom. The first kappa shape index (κ1) is 14.0. The Kier molecular flexibility index (Phi) is 4.88. The third-order valence-electron chi connectivity index (χ3n) is 2.99. The summed E-state index contributed by atoms with van der Waals surface area (Å²) in [6.07, 6.45) is 0. The van der Waals surface area contributed by atoms with Crippen molar-refractivity contribution >= 4 is 11.8 Å². The fourth-order valence-corrected chi connectivity index (χ4v) is 2.66. The third kappa shape index (κ3) is 4.01. The molecule has 0 spiro atoms. The van der Waals surface area contributed by atoms with E-state index in [0.29, 0.717) is 0 Å². The zero-order chi connectivity index (χ0) is 13.7. The summed E-state index contributed by atoms with van der Waals surface area (Å²) in [5.41, 5.74) is 8.62. The summed E-state index contributed by atoms with van der Waals surface area (Å²) in [6.45, 7) is 2.09. The number of rotatable bonds is 5. The largest absolute Gasteiger partial charge is 0.497 e. The van der Waals surface area contributed by atoms with E-state index in [2.05, 4.69) is 31.2 Å². The van der Waals surface area contributed by atoms with Crippen molar-refractivity contribution in [2.45, 2.75) is 17.9 Å². The van der Waals surface area contributed by atoms with Gasteiger partial charge in [0, 0.05) is 16.7 Å². The normalized spacial score (nSPS) is 12.2. The second kappa shape index (κ2) is 6.64. The standard InChI is InChI=1S/C16H19NOS/c1-12-3-9-15(10-4-12)19-11-16(17)13-5-7-14(18-2)8-6-13/h3-10,16H,11,17H2,1-2H3. The molecule has 19 heavy (non-hydrogen) atoms. The maximum Gasteiger partial charge on any atom is 0.118 e. The molecule has 0 aromatic heterocycles.